The third-order valence-electron chi connectivity index (χ3n) is 7.15. The Morgan fingerprint density at radius 3 is 2.33 bits per heavy atom. The molecule has 0 aromatic rings. The third kappa shape index (κ3) is 6.11. The molecule has 1 amide bonds. The van der Waals surface area contributed by atoms with Gasteiger partial charge in [0.15, 0.2) is 0 Å². The lowest BCUT2D eigenvalue weighted by Gasteiger charge is -2.42. The number of fused-ring (bicyclic) bond motifs is 3. The average molecular weight is 504 g/mol. The minimum absolute atomic E-state index is 0.00376. The van der Waals surface area contributed by atoms with Crippen LogP contribution in [0.15, 0.2) is 0 Å². The van der Waals surface area contributed by atoms with Crippen molar-refractivity contribution in [3.63, 3.8) is 0 Å². The summed E-state index contributed by atoms with van der Waals surface area (Å²) in [6.45, 7) is 12.9. The molecule has 0 bridgehead atoms. The van der Waals surface area contributed by atoms with E-state index in [0.29, 0.717) is 12.5 Å². The topological polar surface area (TPSA) is 103 Å². The molecule has 3 rings (SSSR count). The zero-order chi connectivity index (χ0) is 24.8. The number of hydrogen-bond donors (Lipinski definition) is 0. The lowest BCUT2D eigenvalue weighted by molar-refractivity contribution is -0.155. The van der Waals surface area contributed by atoms with Gasteiger partial charge < -0.3 is 14.2 Å². The number of amides is 1. The second-order valence-corrected chi connectivity index (χ2v) is 19.7. The van der Waals surface area contributed by atoms with Crippen LogP contribution in [0.25, 0.3) is 0 Å². The molecule has 190 valence electrons. The average Bonchev–Trinajstić information content (AvgIpc) is 3.35. The predicted molar refractivity (Wildman–Crippen MR) is 128 cm³/mol. The van der Waals surface area contributed by atoms with Gasteiger partial charge >= 0.3 is 12.1 Å². The first-order valence-electron chi connectivity index (χ1n) is 12.1. The van der Waals surface area contributed by atoms with Crippen LogP contribution in [0.5, 0.6) is 0 Å². The van der Waals surface area contributed by atoms with Gasteiger partial charge in [-0.2, -0.15) is 0 Å². The second-order valence-electron chi connectivity index (χ2n) is 12.1. The predicted octanol–water partition coefficient (Wildman–Crippen LogP) is 4.17. The van der Waals surface area contributed by atoms with E-state index in [1.165, 1.54) is 6.92 Å². The van der Waals surface area contributed by atoms with Gasteiger partial charge in [-0.1, -0.05) is 19.6 Å². The fourth-order valence-corrected chi connectivity index (χ4v) is 9.89. The van der Waals surface area contributed by atoms with Crippen molar-refractivity contribution in [2.45, 2.75) is 109 Å². The van der Waals surface area contributed by atoms with Gasteiger partial charge in [0.1, 0.15) is 11.7 Å². The van der Waals surface area contributed by atoms with Crippen molar-refractivity contribution < 1.29 is 32.2 Å². The van der Waals surface area contributed by atoms with Crippen LogP contribution in [0.2, 0.25) is 25.7 Å². The Labute approximate surface area is 199 Å². The molecule has 2 aliphatic carbocycles. The maximum atomic E-state index is 13.3. The second kappa shape index (κ2) is 9.15. The van der Waals surface area contributed by atoms with Crippen molar-refractivity contribution in [2.75, 3.05) is 12.3 Å². The molecular formula is C23H41NO7SSi. The molecule has 8 nitrogen and oxygen atoms in total. The number of sulfonamides is 1. The molecule has 1 heterocycles. The lowest BCUT2D eigenvalue weighted by Crippen LogP contribution is -2.50. The highest BCUT2D eigenvalue weighted by Crippen LogP contribution is 2.62. The molecular weight excluding hydrogens is 462 g/mol. The van der Waals surface area contributed by atoms with Crippen molar-refractivity contribution in [2.24, 2.45) is 11.3 Å². The quantitative estimate of drug-likeness (QED) is 0.278. The number of rotatable bonds is 8. The van der Waals surface area contributed by atoms with Crippen molar-refractivity contribution in [3.8, 4) is 0 Å². The van der Waals surface area contributed by atoms with Crippen LogP contribution < -0.4 is 0 Å². The Hall–Kier alpha value is -1.13. The van der Waals surface area contributed by atoms with Gasteiger partial charge in [0.2, 0.25) is 10.0 Å². The number of nitrogens with zero attached hydrogens (tertiary/aromatic N) is 1. The summed E-state index contributed by atoms with van der Waals surface area (Å²) in [5, 5.41) is 0. The molecule has 10 heteroatoms. The minimum Gasteiger partial charge on any atom is -0.462 e. The van der Waals surface area contributed by atoms with E-state index in [2.05, 4.69) is 19.6 Å². The minimum atomic E-state index is -3.86. The first-order chi connectivity index (χ1) is 15.1. The van der Waals surface area contributed by atoms with E-state index in [0.717, 1.165) is 30.0 Å². The largest absolute Gasteiger partial charge is 0.462 e. The van der Waals surface area contributed by atoms with E-state index in [-0.39, 0.29) is 42.5 Å². The molecule has 3 fully saturated rings. The maximum absolute atomic E-state index is 13.3. The van der Waals surface area contributed by atoms with E-state index in [9.17, 15) is 18.0 Å². The number of esters is 1. The molecule has 5 atom stereocenters. The summed E-state index contributed by atoms with van der Waals surface area (Å²) in [5.74, 6) is -0.126. The highest BCUT2D eigenvalue weighted by atomic mass is 32.2. The van der Waals surface area contributed by atoms with E-state index in [4.69, 9.17) is 14.2 Å². The third-order valence-corrected chi connectivity index (χ3v) is 11.0. The molecule has 0 radical (unpaired) electrons. The lowest BCUT2D eigenvalue weighted by atomic mass is 9.65. The van der Waals surface area contributed by atoms with Crippen LogP contribution in [0, 0.1) is 11.3 Å². The van der Waals surface area contributed by atoms with Crippen molar-refractivity contribution in [1.29, 1.82) is 0 Å². The number of epoxide rings is 1. The van der Waals surface area contributed by atoms with Crippen LogP contribution in [-0.2, 0) is 29.0 Å². The zero-order valence-electron chi connectivity index (χ0n) is 21.2. The Bertz CT molecular complexity index is 863. The molecule has 0 aromatic carbocycles. The van der Waals surface area contributed by atoms with E-state index < -0.39 is 35.2 Å². The van der Waals surface area contributed by atoms with Gasteiger partial charge in [0.05, 0.1) is 18.0 Å². The smallest absolute Gasteiger partial charge is 0.424 e. The Morgan fingerprint density at radius 1 is 1.12 bits per heavy atom. The normalized spacial score (nSPS) is 31.4. The van der Waals surface area contributed by atoms with Crippen LogP contribution in [-0.4, -0.2) is 69.1 Å². The summed E-state index contributed by atoms with van der Waals surface area (Å²) in [6.07, 6.45) is 2.94. The Morgan fingerprint density at radius 2 is 1.76 bits per heavy atom. The summed E-state index contributed by atoms with van der Waals surface area (Å²) in [5.41, 5.74) is -1.27. The summed E-state index contributed by atoms with van der Waals surface area (Å²) < 4.78 is 44.8. The van der Waals surface area contributed by atoms with Gasteiger partial charge in [-0.3, -0.25) is 4.79 Å². The van der Waals surface area contributed by atoms with E-state index in [1.807, 2.05) is 0 Å². The molecule has 2 saturated carbocycles. The highest BCUT2D eigenvalue weighted by molar-refractivity contribution is 7.89. The summed E-state index contributed by atoms with van der Waals surface area (Å²) >= 11 is 0. The fraction of sp³-hybridized carbons (Fsp3) is 0.913. The standard InChI is InChI=1S/C23H41NO7SSi/c1-16(25)29-19-11-9-17-8-10-18-20(30-18)23(17,19)12-13-24(21(26)31-22(2,3)4)32(27,28)14-15-33(5,6)7/h17-20H,8-15H2,1-7H3/t17-,18-,19+,20-,23-/m1/s1. The summed E-state index contributed by atoms with van der Waals surface area (Å²) in [4.78, 5) is 24.9. The molecule has 33 heavy (non-hydrogen) atoms. The number of hydrogen-bond acceptors (Lipinski definition) is 7. The molecule has 0 N–H and O–H groups in total. The van der Waals surface area contributed by atoms with E-state index >= 15 is 0 Å². The summed E-state index contributed by atoms with van der Waals surface area (Å²) in [6, 6.07) is 0.562. The van der Waals surface area contributed by atoms with Crippen LogP contribution in [0.3, 0.4) is 0 Å². The molecule has 1 aliphatic heterocycles. The Balaban J connectivity index is 1.86. The number of ether oxygens (including phenoxy) is 3. The first-order valence-corrected chi connectivity index (χ1v) is 17.4. The van der Waals surface area contributed by atoms with Crippen molar-refractivity contribution in [1.82, 2.24) is 4.31 Å². The summed E-state index contributed by atoms with van der Waals surface area (Å²) in [7, 11) is -5.50. The van der Waals surface area contributed by atoms with Gasteiger partial charge in [-0.15, -0.1) is 0 Å². The molecule has 0 aromatic heterocycles. The first kappa shape index (κ1) is 26.5. The van der Waals surface area contributed by atoms with Gasteiger partial charge in [-0.25, -0.2) is 17.5 Å². The van der Waals surface area contributed by atoms with Gasteiger partial charge in [0.25, 0.3) is 0 Å². The number of carbonyl (C=O) groups excluding carboxylic acids is 2. The van der Waals surface area contributed by atoms with Crippen molar-refractivity contribution in [3.05, 3.63) is 0 Å². The highest BCUT2D eigenvalue weighted by Gasteiger charge is 2.67. The SMILES string of the molecule is CC(=O)O[C@H]1CC[C@H]2CC[C@H]3O[C@H]3[C@]21CCN(C(=O)OC(C)(C)C)S(=O)(=O)CC[Si](C)(C)C. The molecule has 3 aliphatic rings. The van der Waals surface area contributed by atoms with Gasteiger partial charge in [0, 0.05) is 27.0 Å². The zero-order valence-corrected chi connectivity index (χ0v) is 23.0. The van der Waals surface area contributed by atoms with Gasteiger partial charge in [-0.05, 0) is 64.8 Å². The number of carbonyl (C=O) groups is 2. The molecule has 0 spiro atoms. The van der Waals surface area contributed by atoms with Crippen molar-refractivity contribution >= 4 is 30.2 Å². The van der Waals surface area contributed by atoms with Crippen LogP contribution in [0.4, 0.5) is 4.79 Å². The van der Waals surface area contributed by atoms with E-state index in [1.54, 1.807) is 20.8 Å². The fourth-order valence-electron chi connectivity index (χ4n) is 5.56. The molecule has 0 unspecified atom stereocenters. The maximum Gasteiger partial charge on any atom is 0.424 e. The molecule has 1 saturated heterocycles. The van der Waals surface area contributed by atoms with Crippen LogP contribution >= 0.6 is 0 Å². The monoisotopic (exact) mass is 503 g/mol. The van der Waals surface area contributed by atoms with Crippen LogP contribution in [0.1, 0.15) is 59.8 Å². The Kier molecular flexibility index (Phi) is 7.34.